The van der Waals surface area contributed by atoms with E-state index in [0.717, 1.165) is 41.3 Å². The number of hydrogen-bond acceptors (Lipinski definition) is 6. The fourth-order valence-electron chi connectivity index (χ4n) is 5.47. The molecule has 4 heterocycles. The van der Waals surface area contributed by atoms with Crippen LogP contribution in [0, 0.1) is 19.8 Å². The number of anilines is 1. The van der Waals surface area contributed by atoms with Crippen molar-refractivity contribution in [2.75, 3.05) is 31.6 Å². The topological polar surface area (TPSA) is 78.8 Å². The number of aromatic nitrogens is 2. The molecule has 9 heteroatoms. The van der Waals surface area contributed by atoms with E-state index in [-0.39, 0.29) is 36.2 Å². The Labute approximate surface area is 221 Å². The van der Waals surface area contributed by atoms with Gasteiger partial charge in [-0.15, -0.1) is 11.3 Å². The molecule has 1 fully saturated rings. The minimum Gasteiger partial charge on any atom is -0.370 e. The van der Waals surface area contributed by atoms with Gasteiger partial charge in [0.1, 0.15) is 0 Å². The van der Waals surface area contributed by atoms with E-state index < -0.39 is 0 Å². The molecule has 0 N–H and O–H groups in total. The number of imide groups is 1. The molecule has 0 bridgehead atoms. The van der Waals surface area contributed by atoms with Gasteiger partial charge in [-0.05, 0) is 63.3 Å². The van der Waals surface area contributed by atoms with Crippen LogP contribution in [-0.2, 0) is 11.3 Å². The van der Waals surface area contributed by atoms with Gasteiger partial charge < -0.3 is 9.80 Å². The van der Waals surface area contributed by atoms with Crippen molar-refractivity contribution in [2.45, 2.75) is 46.2 Å². The van der Waals surface area contributed by atoms with E-state index in [1.807, 2.05) is 60.1 Å². The van der Waals surface area contributed by atoms with E-state index in [1.165, 1.54) is 4.90 Å². The Morgan fingerprint density at radius 1 is 1.16 bits per heavy atom. The van der Waals surface area contributed by atoms with Crippen molar-refractivity contribution < 1.29 is 14.4 Å². The quantitative estimate of drug-likeness (QED) is 0.435. The van der Waals surface area contributed by atoms with Crippen molar-refractivity contribution in [3.05, 3.63) is 69.2 Å². The average Bonchev–Trinajstić information content (AvgIpc) is 3.61. The lowest BCUT2D eigenvalue weighted by atomic mass is 9.94. The molecule has 0 aliphatic carbocycles. The van der Waals surface area contributed by atoms with Crippen LogP contribution < -0.4 is 4.90 Å². The second kappa shape index (κ2) is 10.1. The lowest BCUT2D eigenvalue weighted by molar-refractivity contribution is -0.136. The third kappa shape index (κ3) is 4.68. The van der Waals surface area contributed by atoms with Crippen molar-refractivity contribution in [1.29, 1.82) is 0 Å². The van der Waals surface area contributed by atoms with Crippen LogP contribution in [0.2, 0.25) is 0 Å². The van der Waals surface area contributed by atoms with Crippen LogP contribution in [0.25, 0.3) is 0 Å². The van der Waals surface area contributed by atoms with Gasteiger partial charge in [-0.3, -0.25) is 24.0 Å². The predicted octanol–water partition coefficient (Wildman–Crippen LogP) is 4.29. The molecular weight excluding hydrogens is 486 g/mol. The maximum absolute atomic E-state index is 13.5. The first-order valence-electron chi connectivity index (χ1n) is 12.8. The van der Waals surface area contributed by atoms with E-state index in [4.69, 9.17) is 0 Å². The molecular formula is C28H33N5O3S. The number of carbonyl (C=O) groups excluding carboxylic acids is 3. The highest BCUT2D eigenvalue weighted by molar-refractivity contribution is 7.10. The molecule has 0 saturated carbocycles. The van der Waals surface area contributed by atoms with Crippen molar-refractivity contribution in [1.82, 2.24) is 19.6 Å². The van der Waals surface area contributed by atoms with Gasteiger partial charge >= 0.3 is 0 Å². The summed E-state index contributed by atoms with van der Waals surface area (Å²) in [6.07, 6.45) is 1.67. The van der Waals surface area contributed by atoms with Gasteiger partial charge in [-0.2, -0.15) is 5.10 Å². The van der Waals surface area contributed by atoms with E-state index in [2.05, 4.69) is 23.0 Å². The number of benzene rings is 1. The van der Waals surface area contributed by atoms with Crippen LogP contribution in [0.4, 0.5) is 5.69 Å². The molecule has 2 aliphatic rings. The first-order valence-corrected chi connectivity index (χ1v) is 13.7. The van der Waals surface area contributed by atoms with Gasteiger partial charge in [0.05, 0.1) is 41.0 Å². The summed E-state index contributed by atoms with van der Waals surface area (Å²) in [6, 6.07) is 11.5. The van der Waals surface area contributed by atoms with Crippen molar-refractivity contribution >= 4 is 34.7 Å². The summed E-state index contributed by atoms with van der Waals surface area (Å²) in [5.74, 6) is -0.579. The number of rotatable bonds is 7. The number of carbonyl (C=O) groups is 3. The van der Waals surface area contributed by atoms with E-state index >= 15 is 0 Å². The molecule has 2 atom stereocenters. The Kier molecular flexibility index (Phi) is 6.90. The van der Waals surface area contributed by atoms with Gasteiger partial charge in [0, 0.05) is 37.3 Å². The maximum Gasteiger partial charge on any atom is 0.263 e. The maximum atomic E-state index is 13.5. The molecule has 2 unspecified atom stereocenters. The first-order chi connectivity index (χ1) is 17.8. The third-order valence-electron chi connectivity index (χ3n) is 7.61. The van der Waals surface area contributed by atoms with Crippen LogP contribution in [0.3, 0.4) is 0 Å². The summed E-state index contributed by atoms with van der Waals surface area (Å²) < 4.78 is 1.83. The van der Waals surface area contributed by atoms with Gasteiger partial charge in [0.2, 0.25) is 5.91 Å². The third-order valence-corrected chi connectivity index (χ3v) is 8.65. The van der Waals surface area contributed by atoms with Crippen LogP contribution in [-0.4, -0.2) is 64.0 Å². The molecule has 3 amide bonds. The number of amides is 3. The molecule has 1 aromatic carbocycles. The van der Waals surface area contributed by atoms with Gasteiger partial charge in [-0.1, -0.05) is 12.1 Å². The zero-order valence-corrected chi connectivity index (χ0v) is 22.6. The minimum atomic E-state index is -0.269. The fraction of sp³-hybridized carbons (Fsp3) is 0.429. The second-order valence-corrected chi connectivity index (χ2v) is 11.0. The number of hydrogen-bond donors (Lipinski definition) is 0. The predicted molar refractivity (Wildman–Crippen MR) is 144 cm³/mol. The fourth-order valence-corrected chi connectivity index (χ4v) is 6.30. The smallest absolute Gasteiger partial charge is 0.263 e. The Morgan fingerprint density at radius 2 is 1.97 bits per heavy atom. The lowest BCUT2D eigenvalue weighted by Gasteiger charge is -2.37. The van der Waals surface area contributed by atoms with Crippen LogP contribution >= 0.6 is 11.3 Å². The average molecular weight is 520 g/mol. The largest absolute Gasteiger partial charge is 0.370 e. The molecule has 2 aromatic heterocycles. The normalized spacial score (nSPS) is 18.3. The Balaban J connectivity index is 1.32. The Bertz CT molecular complexity index is 1330. The number of nitrogens with zero attached hydrogens (tertiary/aromatic N) is 5. The van der Waals surface area contributed by atoms with Crippen LogP contribution in [0.5, 0.6) is 0 Å². The number of fused-ring (bicyclic) bond motifs is 1. The summed E-state index contributed by atoms with van der Waals surface area (Å²) in [6.45, 7) is 7.94. The molecule has 3 aromatic rings. The Morgan fingerprint density at radius 3 is 2.68 bits per heavy atom. The zero-order valence-electron chi connectivity index (χ0n) is 21.8. The molecule has 194 valence electrons. The van der Waals surface area contributed by atoms with Gasteiger partial charge in [0.25, 0.3) is 11.8 Å². The van der Waals surface area contributed by atoms with Gasteiger partial charge in [-0.25, -0.2) is 0 Å². The summed E-state index contributed by atoms with van der Waals surface area (Å²) in [5.41, 5.74) is 3.54. The van der Waals surface area contributed by atoms with E-state index in [1.54, 1.807) is 17.4 Å². The van der Waals surface area contributed by atoms with Crippen LogP contribution in [0.15, 0.2) is 41.8 Å². The molecule has 0 spiro atoms. The standard InChI is InChI=1S/C28H33N5O3S/c1-18-16-19(2)33(29-18)14-13-32-27(35)22-9-5-10-23(25(22)28(32)36)31-12-6-8-21(17-31)26(34)30(4)20(3)24-11-7-15-37-24/h5,7,9-11,15-16,20-21H,6,8,12-14,17H2,1-4H3. The van der Waals surface area contributed by atoms with Crippen molar-refractivity contribution in [3.8, 4) is 0 Å². The highest BCUT2D eigenvalue weighted by atomic mass is 32.1. The van der Waals surface area contributed by atoms with E-state index in [9.17, 15) is 14.4 Å². The lowest BCUT2D eigenvalue weighted by Crippen LogP contribution is -2.44. The molecule has 37 heavy (non-hydrogen) atoms. The minimum absolute atomic E-state index is 0.0128. The van der Waals surface area contributed by atoms with Crippen LogP contribution in [0.1, 0.15) is 62.8 Å². The number of aryl methyl sites for hydroxylation is 2. The van der Waals surface area contributed by atoms with Gasteiger partial charge in [0.15, 0.2) is 0 Å². The molecule has 0 radical (unpaired) electrons. The zero-order chi connectivity index (χ0) is 26.3. The molecule has 5 rings (SSSR count). The van der Waals surface area contributed by atoms with E-state index in [0.29, 0.717) is 24.2 Å². The van der Waals surface area contributed by atoms with Crippen molar-refractivity contribution in [2.24, 2.45) is 5.92 Å². The molecule has 1 saturated heterocycles. The first kappa shape index (κ1) is 25.2. The highest BCUT2D eigenvalue weighted by Crippen LogP contribution is 2.35. The summed E-state index contributed by atoms with van der Waals surface area (Å²) >= 11 is 1.66. The SMILES string of the molecule is Cc1cc(C)n(CCN2C(=O)c3cccc(N4CCCC(C(=O)N(C)C(C)c5cccs5)C4)c3C2=O)n1. The number of piperidine rings is 1. The number of thiophene rings is 1. The Hall–Kier alpha value is -3.46. The summed E-state index contributed by atoms with van der Waals surface area (Å²) in [7, 11) is 1.87. The second-order valence-electron chi connectivity index (χ2n) is 10.0. The summed E-state index contributed by atoms with van der Waals surface area (Å²) in [5, 5.41) is 6.48. The van der Waals surface area contributed by atoms with Crippen molar-refractivity contribution in [3.63, 3.8) is 0 Å². The molecule has 8 nitrogen and oxygen atoms in total. The summed E-state index contributed by atoms with van der Waals surface area (Å²) in [4.78, 5) is 46.6. The molecule has 2 aliphatic heterocycles. The monoisotopic (exact) mass is 519 g/mol. The highest BCUT2D eigenvalue weighted by Gasteiger charge is 2.39.